The monoisotopic (exact) mass is 259 g/mol. The fraction of sp³-hybridized carbons (Fsp3) is 0.333. The molecule has 2 rings (SSSR count). The number of aryl methyl sites for hydroxylation is 4. The van der Waals surface area contributed by atoms with Gasteiger partial charge in [0.15, 0.2) is 6.39 Å². The van der Waals surface area contributed by atoms with Gasteiger partial charge >= 0.3 is 5.97 Å². The quantitative estimate of drug-likeness (QED) is 0.915. The Kier molecular flexibility index (Phi) is 3.69. The lowest BCUT2D eigenvalue weighted by Crippen LogP contribution is -1.99. The molecule has 0 atom stereocenters. The van der Waals surface area contributed by atoms with Gasteiger partial charge in [-0.1, -0.05) is 17.7 Å². The molecule has 0 saturated heterocycles. The summed E-state index contributed by atoms with van der Waals surface area (Å²) in [5.41, 5.74) is 5.26. The maximum Gasteiger partial charge on any atom is 0.303 e. The zero-order valence-electron chi connectivity index (χ0n) is 11.4. The molecule has 0 saturated carbocycles. The molecule has 0 radical (unpaired) electrons. The summed E-state index contributed by atoms with van der Waals surface area (Å²) in [7, 11) is 0. The van der Waals surface area contributed by atoms with Gasteiger partial charge < -0.3 is 9.52 Å². The predicted molar refractivity (Wildman–Crippen MR) is 72.1 cm³/mol. The Morgan fingerprint density at radius 3 is 2.47 bits per heavy atom. The third-order valence-electron chi connectivity index (χ3n) is 3.12. The topological polar surface area (TPSA) is 63.3 Å². The highest BCUT2D eigenvalue weighted by Crippen LogP contribution is 2.30. The third-order valence-corrected chi connectivity index (χ3v) is 3.12. The highest BCUT2D eigenvalue weighted by Gasteiger charge is 2.16. The average Bonchev–Trinajstić information content (AvgIpc) is 2.73. The molecular weight excluding hydrogens is 242 g/mol. The molecule has 0 aliphatic heterocycles. The SMILES string of the molecule is Cc1cc(C)c(-c2ncoc2CCC(=O)O)c(C)c1. The molecule has 1 aromatic heterocycles. The number of carboxylic acids is 1. The van der Waals surface area contributed by atoms with E-state index in [4.69, 9.17) is 9.52 Å². The van der Waals surface area contributed by atoms with Crippen LogP contribution in [0.1, 0.15) is 28.9 Å². The van der Waals surface area contributed by atoms with Crippen molar-refractivity contribution in [1.29, 1.82) is 0 Å². The molecule has 0 aliphatic carbocycles. The maximum atomic E-state index is 10.7. The van der Waals surface area contributed by atoms with Gasteiger partial charge in [-0.05, 0) is 31.9 Å². The van der Waals surface area contributed by atoms with Crippen LogP contribution < -0.4 is 0 Å². The van der Waals surface area contributed by atoms with Crippen molar-refractivity contribution < 1.29 is 14.3 Å². The van der Waals surface area contributed by atoms with Crippen LogP contribution in [0, 0.1) is 20.8 Å². The zero-order valence-corrected chi connectivity index (χ0v) is 11.4. The second kappa shape index (κ2) is 5.26. The third kappa shape index (κ3) is 2.84. The summed E-state index contributed by atoms with van der Waals surface area (Å²) in [6.45, 7) is 6.12. The molecule has 4 heteroatoms. The molecule has 1 heterocycles. The molecule has 0 aliphatic rings. The molecular formula is C15H17NO3. The van der Waals surface area contributed by atoms with Crippen molar-refractivity contribution in [2.45, 2.75) is 33.6 Å². The number of aliphatic carboxylic acids is 1. The van der Waals surface area contributed by atoms with E-state index in [-0.39, 0.29) is 6.42 Å². The summed E-state index contributed by atoms with van der Waals surface area (Å²) >= 11 is 0. The van der Waals surface area contributed by atoms with Crippen molar-refractivity contribution in [3.63, 3.8) is 0 Å². The van der Waals surface area contributed by atoms with Crippen LogP contribution in [0.5, 0.6) is 0 Å². The number of carbonyl (C=O) groups is 1. The average molecular weight is 259 g/mol. The number of carboxylic acid groups (broad SMARTS) is 1. The molecule has 19 heavy (non-hydrogen) atoms. The van der Waals surface area contributed by atoms with Gasteiger partial charge in [0.1, 0.15) is 11.5 Å². The molecule has 100 valence electrons. The second-order valence-electron chi connectivity index (χ2n) is 4.79. The van der Waals surface area contributed by atoms with Gasteiger partial charge in [-0.3, -0.25) is 4.79 Å². The van der Waals surface area contributed by atoms with Crippen LogP contribution in [-0.2, 0) is 11.2 Å². The fourth-order valence-corrected chi connectivity index (χ4v) is 2.43. The summed E-state index contributed by atoms with van der Waals surface area (Å²) in [5.74, 6) is -0.197. The summed E-state index contributed by atoms with van der Waals surface area (Å²) in [6, 6.07) is 4.19. The largest absolute Gasteiger partial charge is 0.481 e. The van der Waals surface area contributed by atoms with Crippen LogP contribution in [0.3, 0.4) is 0 Å². The van der Waals surface area contributed by atoms with Crippen LogP contribution in [0.4, 0.5) is 0 Å². The molecule has 1 N–H and O–H groups in total. The van der Waals surface area contributed by atoms with Crippen LogP contribution in [0.25, 0.3) is 11.3 Å². The molecule has 0 unspecified atom stereocenters. The lowest BCUT2D eigenvalue weighted by atomic mass is 9.96. The van der Waals surface area contributed by atoms with E-state index in [1.165, 1.54) is 12.0 Å². The summed E-state index contributed by atoms with van der Waals surface area (Å²) in [6.07, 6.45) is 1.79. The highest BCUT2D eigenvalue weighted by molar-refractivity contribution is 5.71. The van der Waals surface area contributed by atoms with E-state index in [1.54, 1.807) is 0 Å². The Balaban J connectivity index is 2.43. The predicted octanol–water partition coefficient (Wildman–Crippen LogP) is 3.28. The maximum absolute atomic E-state index is 10.7. The molecule has 4 nitrogen and oxygen atoms in total. The van der Waals surface area contributed by atoms with Gasteiger partial charge in [0, 0.05) is 12.0 Å². The Bertz CT molecular complexity index is 591. The second-order valence-corrected chi connectivity index (χ2v) is 4.79. The van der Waals surface area contributed by atoms with Crippen LogP contribution in [0.2, 0.25) is 0 Å². The van der Waals surface area contributed by atoms with Gasteiger partial charge in [-0.2, -0.15) is 0 Å². The van der Waals surface area contributed by atoms with Crippen LogP contribution in [0.15, 0.2) is 22.9 Å². The summed E-state index contributed by atoms with van der Waals surface area (Å²) in [4.78, 5) is 14.9. The number of aromatic nitrogens is 1. The van der Waals surface area contributed by atoms with Crippen molar-refractivity contribution in [3.05, 3.63) is 41.0 Å². The highest BCUT2D eigenvalue weighted by atomic mass is 16.4. The van der Waals surface area contributed by atoms with Crippen molar-refractivity contribution >= 4 is 5.97 Å². The number of hydrogen-bond acceptors (Lipinski definition) is 3. The molecule has 0 amide bonds. The minimum absolute atomic E-state index is 0.0478. The van der Waals surface area contributed by atoms with E-state index in [2.05, 4.69) is 24.0 Å². The first kappa shape index (κ1) is 13.3. The molecule has 0 fully saturated rings. The fourth-order valence-electron chi connectivity index (χ4n) is 2.43. The van der Waals surface area contributed by atoms with Crippen LogP contribution in [-0.4, -0.2) is 16.1 Å². The number of rotatable bonds is 4. The van der Waals surface area contributed by atoms with Crippen molar-refractivity contribution in [2.75, 3.05) is 0 Å². The smallest absolute Gasteiger partial charge is 0.303 e. The molecule has 0 spiro atoms. The van der Waals surface area contributed by atoms with E-state index in [0.717, 1.165) is 22.4 Å². The number of oxazole rings is 1. The van der Waals surface area contributed by atoms with Gasteiger partial charge in [0.2, 0.25) is 0 Å². The van der Waals surface area contributed by atoms with Gasteiger partial charge in [0.05, 0.1) is 6.42 Å². The van der Waals surface area contributed by atoms with Gasteiger partial charge in [-0.25, -0.2) is 4.98 Å². The Morgan fingerprint density at radius 1 is 1.26 bits per heavy atom. The number of nitrogens with zero attached hydrogens (tertiary/aromatic N) is 1. The van der Waals surface area contributed by atoms with E-state index < -0.39 is 5.97 Å². The Morgan fingerprint density at radius 2 is 1.89 bits per heavy atom. The van der Waals surface area contributed by atoms with Gasteiger partial charge in [0.25, 0.3) is 0 Å². The standard InChI is InChI=1S/C15H17NO3/c1-9-6-10(2)14(11(3)7-9)15-12(19-8-16-15)4-5-13(17)18/h6-8H,4-5H2,1-3H3,(H,17,18). The molecule has 0 bridgehead atoms. The van der Waals surface area contributed by atoms with E-state index in [0.29, 0.717) is 12.2 Å². The summed E-state index contributed by atoms with van der Waals surface area (Å²) < 4.78 is 5.34. The van der Waals surface area contributed by atoms with E-state index >= 15 is 0 Å². The lowest BCUT2D eigenvalue weighted by Gasteiger charge is -2.10. The number of hydrogen-bond donors (Lipinski definition) is 1. The lowest BCUT2D eigenvalue weighted by molar-refractivity contribution is -0.137. The first-order chi connectivity index (χ1) is 8.99. The van der Waals surface area contributed by atoms with E-state index in [1.807, 2.05) is 13.8 Å². The first-order valence-corrected chi connectivity index (χ1v) is 6.21. The molecule has 2 aromatic rings. The van der Waals surface area contributed by atoms with Crippen molar-refractivity contribution in [3.8, 4) is 11.3 Å². The van der Waals surface area contributed by atoms with Crippen molar-refractivity contribution in [2.24, 2.45) is 0 Å². The van der Waals surface area contributed by atoms with E-state index in [9.17, 15) is 4.79 Å². The zero-order chi connectivity index (χ0) is 14.0. The number of benzene rings is 1. The Hall–Kier alpha value is -2.10. The normalized spacial score (nSPS) is 10.7. The van der Waals surface area contributed by atoms with Crippen molar-refractivity contribution in [1.82, 2.24) is 4.98 Å². The minimum atomic E-state index is -0.834. The minimum Gasteiger partial charge on any atom is -0.481 e. The van der Waals surface area contributed by atoms with Gasteiger partial charge in [-0.15, -0.1) is 0 Å². The Labute approximate surface area is 112 Å². The first-order valence-electron chi connectivity index (χ1n) is 6.21. The van der Waals surface area contributed by atoms with Crippen LogP contribution >= 0.6 is 0 Å². The molecule has 1 aromatic carbocycles. The summed E-state index contributed by atoms with van der Waals surface area (Å²) in [5, 5.41) is 8.76.